The molecule has 0 fully saturated rings. The van der Waals surface area contributed by atoms with Crippen molar-refractivity contribution in [3.8, 4) is 0 Å². The van der Waals surface area contributed by atoms with Gasteiger partial charge in [0.1, 0.15) is 0 Å². The maximum atomic E-state index is 15.4. The van der Waals surface area contributed by atoms with Gasteiger partial charge in [0, 0.05) is 0 Å². The summed E-state index contributed by atoms with van der Waals surface area (Å²) in [4.78, 5) is 0. The summed E-state index contributed by atoms with van der Waals surface area (Å²) in [6.07, 6.45) is 16.3. The Morgan fingerprint density at radius 3 is 1.62 bits per heavy atom. The molecule has 0 spiro atoms. The second-order valence-corrected chi connectivity index (χ2v) is 13.2. The molecule has 0 heterocycles. The Morgan fingerprint density at radius 2 is 1.14 bits per heavy atom. The third-order valence-corrected chi connectivity index (χ3v) is 12.4. The summed E-state index contributed by atoms with van der Waals surface area (Å²) in [5.74, 6) is 0. The van der Waals surface area contributed by atoms with E-state index in [1.807, 2.05) is 24.3 Å². The fourth-order valence-corrected chi connectivity index (χ4v) is 11.2. The van der Waals surface area contributed by atoms with Crippen molar-refractivity contribution in [3.05, 3.63) is 46.6 Å². The van der Waals surface area contributed by atoms with E-state index >= 15 is 5.25 Å². The molecule has 21 heavy (non-hydrogen) atoms. The maximum absolute atomic E-state index is 15.4. The van der Waals surface area contributed by atoms with Crippen molar-refractivity contribution in [2.45, 2.75) is 58.6 Å². The summed E-state index contributed by atoms with van der Waals surface area (Å²) in [5.41, 5.74) is 4.76. The summed E-state index contributed by atoms with van der Waals surface area (Å²) < 4.78 is 29.9. The molecular formula is C18H22F2Zr. The Hall–Kier alpha value is -0.297. The van der Waals surface area contributed by atoms with Gasteiger partial charge in [0.25, 0.3) is 0 Å². The first-order valence-electron chi connectivity index (χ1n) is 8.36. The van der Waals surface area contributed by atoms with E-state index in [0.29, 0.717) is 0 Å². The standard InChI is InChI=1S/2C9H11.2FH.Zr/c2*1-2-5-9-7-3-6-8(9)4-1;;;/h2*3,6-7H,1-2,4-5H2;2*1H;/q;;;;+2/p-2. The van der Waals surface area contributed by atoms with Gasteiger partial charge in [-0.25, -0.2) is 0 Å². The minimum atomic E-state index is -5.21. The summed E-state index contributed by atoms with van der Waals surface area (Å²) in [5, 5.41) is 0. The first-order valence-corrected chi connectivity index (χ1v) is 13.1. The Labute approximate surface area is 131 Å². The molecule has 3 heteroatoms. The summed E-state index contributed by atoms with van der Waals surface area (Å²) in [6.45, 7) is 0. The van der Waals surface area contributed by atoms with Crippen molar-refractivity contribution >= 4 is 0 Å². The molecule has 0 aromatic carbocycles. The van der Waals surface area contributed by atoms with Crippen LogP contribution in [-0.4, -0.2) is 0 Å². The monoisotopic (exact) mass is 366 g/mol. The van der Waals surface area contributed by atoms with Crippen LogP contribution in [0.4, 0.5) is 5.25 Å². The van der Waals surface area contributed by atoms with E-state index in [1.165, 1.54) is 24.0 Å². The van der Waals surface area contributed by atoms with Gasteiger partial charge in [0.15, 0.2) is 0 Å². The van der Waals surface area contributed by atoms with Gasteiger partial charge in [0.05, 0.1) is 0 Å². The van der Waals surface area contributed by atoms with Gasteiger partial charge in [-0.2, -0.15) is 0 Å². The van der Waals surface area contributed by atoms with Crippen LogP contribution in [0.15, 0.2) is 46.6 Å². The van der Waals surface area contributed by atoms with Crippen LogP contribution in [0.25, 0.3) is 0 Å². The van der Waals surface area contributed by atoms with Crippen molar-refractivity contribution in [3.63, 3.8) is 0 Å². The van der Waals surface area contributed by atoms with E-state index in [1.54, 1.807) is 0 Å². The van der Waals surface area contributed by atoms with E-state index in [2.05, 4.69) is 0 Å². The van der Waals surface area contributed by atoms with E-state index < -0.39 is 28.7 Å². The third kappa shape index (κ3) is 2.31. The van der Waals surface area contributed by atoms with Crippen LogP contribution < -0.4 is 0 Å². The molecular weight excluding hydrogens is 345 g/mol. The number of rotatable bonds is 2. The van der Waals surface area contributed by atoms with E-state index in [9.17, 15) is 0 Å². The Kier molecular flexibility index (Phi) is 3.68. The molecule has 2 atom stereocenters. The zero-order valence-corrected chi connectivity index (χ0v) is 14.8. The molecule has 0 aliphatic heterocycles. The molecule has 0 nitrogen and oxygen atoms in total. The summed E-state index contributed by atoms with van der Waals surface area (Å²) in [6, 6.07) is 0. The molecule has 0 saturated heterocycles. The van der Waals surface area contributed by atoms with Gasteiger partial charge < -0.3 is 0 Å². The van der Waals surface area contributed by atoms with Gasteiger partial charge in [-0.1, -0.05) is 0 Å². The molecule has 0 N–H and O–H groups in total. The number of allylic oxidation sites excluding steroid dienone is 8. The molecule has 2 unspecified atom stereocenters. The Morgan fingerprint density at radius 1 is 0.714 bits per heavy atom. The summed E-state index contributed by atoms with van der Waals surface area (Å²) >= 11 is -5.21. The molecule has 0 radical (unpaired) electrons. The average Bonchev–Trinajstić information content (AvgIpc) is 3.12. The van der Waals surface area contributed by atoms with Crippen LogP contribution in [0.3, 0.4) is 0 Å². The molecule has 0 amide bonds. The van der Waals surface area contributed by atoms with Crippen LogP contribution in [-0.2, 0) is 21.5 Å². The SMILES string of the molecule is [F][Zr]([F])([CH]1C=CC2=C1CCCC2)[CH]1C=CC2=C1CCCC2. The Bertz CT molecular complexity index is 530. The van der Waals surface area contributed by atoms with Gasteiger partial charge in [0.2, 0.25) is 0 Å². The molecule has 0 bridgehead atoms. The van der Waals surface area contributed by atoms with Crippen LogP contribution >= 0.6 is 0 Å². The topological polar surface area (TPSA) is 0 Å². The van der Waals surface area contributed by atoms with Crippen LogP contribution in [0.1, 0.15) is 51.4 Å². The molecule has 0 aromatic rings. The van der Waals surface area contributed by atoms with Gasteiger partial charge in [-0.05, 0) is 0 Å². The predicted molar refractivity (Wildman–Crippen MR) is 79.0 cm³/mol. The van der Waals surface area contributed by atoms with Gasteiger partial charge in [-0.15, -0.1) is 0 Å². The van der Waals surface area contributed by atoms with Crippen molar-refractivity contribution < 1.29 is 26.7 Å². The van der Waals surface area contributed by atoms with E-state index in [0.717, 1.165) is 49.7 Å². The molecule has 4 aliphatic carbocycles. The number of hydrogen-bond acceptors (Lipinski definition) is 0. The first-order chi connectivity index (χ1) is 10.2. The fraction of sp³-hybridized carbons (Fsp3) is 0.556. The van der Waals surface area contributed by atoms with Gasteiger partial charge in [-0.3, -0.25) is 0 Å². The molecule has 112 valence electrons. The first kappa shape index (κ1) is 14.3. The molecule has 4 rings (SSSR count). The van der Waals surface area contributed by atoms with E-state index in [4.69, 9.17) is 0 Å². The molecule has 4 aliphatic rings. The number of halogens is 2. The third-order valence-electron chi connectivity index (χ3n) is 5.67. The van der Waals surface area contributed by atoms with Crippen molar-refractivity contribution in [2.24, 2.45) is 0 Å². The minimum absolute atomic E-state index is 0.446. The Balaban J connectivity index is 1.65. The van der Waals surface area contributed by atoms with E-state index in [-0.39, 0.29) is 0 Å². The quantitative estimate of drug-likeness (QED) is 0.532. The second kappa shape index (κ2) is 5.41. The van der Waals surface area contributed by atoms with Crippen molar-refractivity contribution in [2.75, 3.05) is 0 Å². The zero-order chi connectivity index (χ0) is 14.4. The summed E-state index contributed by atoms with van der Waals surface area (Å²) in [7, 11) is 0. The average molecular weight is 368 g/mol. The number of hydrogen-bond donors (Lipinski definition) is 0. The van der Waals surface area contributed by atoms with Crippen molar-refractivity contribution in [1.82, 2.24) is 0 Å². The molecule has 0 aromatic heterocycles. The van der Waals surface area contributed by atoms with Crippen LogP contribution in [0.2, 0.25) is 7.25 Å². The van der Waals surface area contributed by atoms with Crippen molar-refractivity contribution in [1.29, 1.82) is 0 Å². The van der Waals surface area contributed by atoms with Gasteiger partial charge >= 0.3 is 132 Å². The second-order valence-electron chi connectivity index (χ2n) is 6.86. The zero-order valence-electron chi connectivity index (χ0n) is 12.4. The normalized spacial score (nSPS) is 31.9. The fourth-order valence-electron chi connectivity index (χ4n) is 4.57. The molecule has 0 saturated carbocycles. The van der Waals surface area contributed by atoms with Crippen LogP contribution in [0.5, 0.6) is 0 Å². The van der Waals surface area contributed by atoms with Crippen LogP contribution in [0, 0.1) is 0 Å². The predicted octanol–water partition coefficient (Wildman–Crippen LogP) is 6.37.